The van der Waals surface area contributed by atoms with E-state index in [0.29, 0.717) is 6.61 Å². The molecular weight excluding hydrogens is 276 g/mol. The Morgan fingerprint density at radius 1 is 1.25 bits per heavy atom. The summed E-state index contributed by atoms with van der Waals surface area (Å²) in [6.45, 7) is 3.64. The van der Waals surface area contributed by atoms with Crippen LogP contribution in [0.1, 0.15) is 19.8 Å². The van der Waals surface area contributed by atoms with E-state index in [-0.39, 0.29) is 5.75 Å². The summed E-state index contributed by atoms with van der Waals surface area (Å²) < 4.78 is 7.15. The summed E-state index contributed by atoms with van der Waals surface area (Å²) in [5.74, 6) is 1.03. The largest absolute Gasteiger partial charge is 0.508 e. The van der Waals surface area contributed by atoms with Gasteiger partial charge in [-0.25, -0.2) is 0 Å². The molecule has 7 heteroatoms. The van der Waals surface area contributed by atoms with Crippen LogP contribution >= 0.6 is 11.8 Å². The van der Waals surface area contributed by atoms with Crippen LogP contribution in [0.25, 0.3) is 5.69 Å². The lowest BCUT2D eigenvalue weighted by atomic mass is 10.3. The smallest absolute Gasteiger partial charge is 0.214 e. The Bertz CT molecular complexity index is 515. The molecule has 0 radical (unpaired) electrons. The molecule has 0 amide bonds. The average molecular weight is 294 g/mol. The van der Waals surface area contributed by atoms with Gasteiger partial charge in [-0.1, -0.05) is 25.1 Å². The Morgan fingerprint density at radius 2 is 2.05 bits per heavy atom. The van der Waals surface area contributed by atoms with Gasteiger partial charge in [0, 0.05) is 12.4 Å². The third kappa shape index (κ3) is 4.21. The summed E-state index contributed by atoms with van der Waals surface area (Å²) in [7, 11) is 0. The first-order valence-electron chi connectivity index (χ1n) is 6.59. The van der Waals surface area contributed by atoms with Crippen LogP contribution in [0.15, 0.2) is 29.4 Å². The van der Waals surface area contributed by atoms with Crippen LogP contribution in [0.3, 0.4) is 0 Å². The Kier molecular flexibility index (Phi) is 5.82. The fraction of sp³-hybridized carbons (Fsp3) is 0.462. The minimum absolute atomic E-state index is 0.223. The predicted molar refractivity (Wildman–Crippen MR) is 77.3 cm³/mol. The van der Waals surface area contributed by atoms with Crippen LogP contribution in [-0.2, 0) is 4.74 Å². The number of aromatic hydroxyl groups is 1. The molecule has 0 aliphatic carbocycles. The first-order valence-corrected chi connectivity index (χ1v) is 7.58. The second-order valence-corrected chi connectivity index (χ2v) is 5.27. The molecule has 0 aliphatic heterocycles. The van der Waals surface area contributed by atoms with Crippen molar-refractivity contribution in [1.82, 2.24) is 20.2 Å². The summed E-state index contributed by atoms with van der Waals surface area (Å²) >= 11 is 1.55. The van der Waals surface area contributed by atoms with Crippen molar-refractivity contribution in [3.8, 4) is 11.4 Å². The number of aromatic nitrogens is 4. The monoisotopic (exact) mass is 294 g/mol. The molecular formula is C13H18N4O2S. The first kappa shape index (κ1) is 14.8. The lowest BCUT2D eigenvalue weighted by molar-refractivity contribution is 0.147. The van der Waals surface area contributed by atoms with E-state index < -0.39 is 0 Å². The van der Waals surface area contributed by atoms with Crippen LogP contribution in [0, 0.1) is 0 Å². The van der Waals surface area contributed by atoms with Crippen molar-refractivity contribution in [3.63, 3.8) is 0 Å². The molecule has 6 nitrogen and oxygen atoms in total. The normalized spacial score (nSPS) is 10.8. The number of hydrogen-bond donors (Lipinski definition) is 1. The van der Waals surface area contributed by atoms with Crippen LogP contribution in [-0.4, -0.2) is 44.3 Å². The molecule has 0 atom stereocenters. The molecule has 0 saturated heterocycles. The van der Waals surface area contributed by atoms with Crippen LogP contribution in [0.4, 0.5) is 0 Å². The van der Waals surface area contributed by atoms with Gasteiger partial charge in [0.2, 0.25) is 5.16 Å². The number of nitrogens with zero attached hydrogens (tertiary/aromatic N) is 4. The fourth-order valence-electron chi connectivity index (χ4n) is 1.57. The van der Waals surface area contributed by atoms with E-state index in [0.717, 1.165) is 36.0 Å². The molecule has 1 heterocycles. The SMILES string of the molecule is CCCCOCCSc1nnnn1-c1ccc(O)cc1. The number of hydrogen-bond acceptors (Lipinski definition) is 6. The van der Waals surface area contributed by atoms with Crippen molar-refractivity contribution in [3.05, 3.63) is 24.3 Å². The van der Waals surface area contributed by atoms with E-state index in [1.807, 2.05) is 0 Å². The van der Waals surface area contributed by atoms with Crippen molar-refractivity contribution >= 4 is 11.8 Å². The lowest BCUT2D eigenvalue weighted by Gasteiger charge is -2.05. The number of thioether (sulfide) groups is 1. The molecule has 0 fully saturated rings. The van der Waals surface area contributed by atoms with Gasteiger partial charge in [0.1, 0.15) is 5.75 Å². The van der Waals surface area contributed by atoms with Crippen LogP contribution < -0.4 is 0 Å². The number of phenols is 1. The maximum Gasteiger partial charge on any atom is 0.214 e. The Hall–Kier alpha value is -1.60. The number of benzene rings is 1. The Balaban J connectivity index is 1.87. The van der Waals surface area contributed by atoms with Gasteiger partial charge in [-0.2, -0.15) is 4.68 Å². The van der Waals surface area contributed by atoms with Gasteiger partial charge in [-0.05, 0) is 41.1 Å². The molecule has 1 N–H and O–H groups in total. The van der Waals surface area contributed by atoms with E-state index in [9.17, 15) is 5.11 Å². The summed E-state index contributed by atoms with van der Waals surface area (Å²) in [5, 5.41) is 21.6. The maximum absolute atomic E-state index is 9.29. The number of phenolic OH excluding ortho intramolecular Hbond substituents is 1. The highest BCUT2D eigenvalue weighted by atomic mass is 32.2. The van der Waals surface area contributed by atoms with Gasteiger partial charge >= 0.3 is 0 Å². The van der Waals surface area contributed by atoms with E-state index in [4.69, 9.17) is 4.74 Å². The van der Waals surface area contributed by atoms with Crippen molar-refractivity contribution in [2.45, 2.75) is 24.9 Å². The molecule has 2 rings (SSSR count). The van der Waals surface area contributed by atoms with Gasteiger partial charge in [-0.3, -0.25) is 0 Å². The number of rotatable bonds is 8. The van der Waals surface area contributed by atoms with Gasteiger partial charge in [0.05, 0.1) is 12.3 Å². The maximum atomic E-state index is 9.29. The lowest BCUT2D eigenvalue weighted by Crippen LogP contribution is -2.02. The molecule has 0 bridgehead atoms. The second-order valence-electron chi connectivity index (χ2n) is 4.20. The van der Waals surface area contributed by atoms with Crippen LogP contribution in [0.5, 0.6) is 5.75 Å². The molecule has 0 unspecified atom stereocenters. The zero-order chi connectivity index (χ0) is 14.2. The summed E-state index contributed by atoms with van der Waals surface area (Å²) in [5.41, 5.74) is 0.821. The minimum Gasteiger partial charge on any atom is -0.508 e. The third-order valence-electron chi connectivity index (χ3n) is 2.64. The molecule has 0 spiro atoms. The van der Waals surface area contributed by atoms with E-state index in [1.54, 1.807) is 40.7 Å². The predicted octanol–water partition coefficient (Wildman–Crippen LogP) is 2.28. The molecule has 1 aromatic heterocycles. The number of ether oxygens (including phenoxy) is 1. The van der Waals surface area contributed by atoms with Gasteiger partial charge in [0.15, 0.2) is 0 Å². The van der Waals surface area contributed by atoms with Gasteiger partial charge in [-0.15, -0.1) is 5.10 Å². The number of unbranched alkanes of at least 4 members (excludes halogenated alkanes) is 1. The standard InChI is InChI=1S/C13H18N4O2S/c1-2-3-8-19-9-10-20-13-14-15-16-17(13)11-4-6-12(18)7-5-11/h4-7,18H,2-3,8-10H2,1H3. The van der Waals surface area contributed by atoms with E-state index in [2.05, 4.69) is 22.4 Å². The fourth-order valence-corrected chi connectivity index (χ4v) is 2.31. The zero-order valence-corrected chi connectivity index (χ0v) is 12.2. The molecule has 0 aliphatic rings. The molecule has 20 heavy (non-hydrogen) atoms. The summed E-state index contributed by atoms with van der Waals surface area (Å²) in [6, 6.07) is 6.76. The van der Waals surface area contributed by atoms with E-state index in [1.165, 1.54) is 0 Å². The quantitative estimate of drug-likeness (QED) is 0.595. The van der Waals surface area contributed by atoms with E-state index >= 15 is 0 Å². The minimum atomic E-state index is 0.223. The Morgan fingerprint density at radius 3 is 2.80 bits per heavy atom. The van der Waals surface area contributed by atoms with Gasteiger partial charge in [0.25, 0.3) is 0 Å². The number of tetrazole rings is 1. The third-order valence-corrected chi connectivity index (χ3v) is 3.52. The molecule has 108 valence electrons. The summed E-state index contributed by atoms with van der Waals surface area (Å²) in [6.07, 6.45) is 2.24. The second kappa shape index (κ2) is 7.86. The molecule has 1 aromatic carbocycles. The van der Waals surface area contributed by atoms with Crippen molar-refractivity contribution in [2.24, 2.45) is 0 Å². The van der Waals surface area contributed by atoms with Crippen molar-refractivity contribution in [1.29, 1.82) is 0 Å². The highest BCUT2D eigenvalue weighted by Crippen LogP contribution is 2.19. The van der Waals surface area contributed by atoms with Crippen molar-refractivity contribution < 1.29 is 9.84 Å². The van der Waals surface area contributed by atoms with Gasteiger partial charge < -0.3 is 9.84 Å². The average Bonchev–Trinajstić information content (AvgIpc) is 2.92. The van der Waals surface area contributed by atoms with Crippen molar-refractivity contribution in [2.75, 3.05) is 19.0 Å². The zero-order valence-electron chi connectivity index (χ0n) is 11.4. The highest BCUT2D eigenvalue weighted by Gasteiger charge is 2.08. The first-order chi connectivity index (χ1) is 9.81. The Labute approximate surface area is 122 Å². The molecule has 0 saturated carbocycles. The topological polar surface area (TPSA) is 73.1 Å². The molecule has 2 aromatic rings. The summed E-state index contributed by atoms with van der Waals surface area (Å²) in [4.78, 5) is 0. The highest BCUT2D eigenvalue weighted by molar-refractivity contribution is 7.99. The van der Waals surface area contributed by atoms with Crippen LogP contribution in [0.2, 0.25) is 0 Å².